The highest BCUT2D eigenvalue weighted by molar-refractivity contribution is 5.96. The predicted molar refractivity (Wildman–Crippen MR) is 118 cm³/mol. The van der Waals surface area contributed by atoms with E-state index in [0.29, 0.717) is 19.6 Å². The summed E-state index contributed by atoms with van der Waals surface area (Å²) in [4.78, 5) is 25.4. The van der Waals surface area contributed by atoms with Crippen LogP contribution in [0.1, 0.15) is 66.9 Å². The number of carbonyl (C=O) groups excluding carboxylic acids is 1. The van der Waals surface area contributed by atoms with E-state index in [2.05, 4.69) is 19.1 Å². The number of benzene rings is 2. The summed E-state index contributed by atoms with van der Waals surface area (Å²) < 4.78 is 5.85. The largest absolute Gasteiger partial charge is 0.478 e. The van der Waals surface area contributed by atoms with Gasteiger partial charge < -0.3 is 14.7 Å². The maximum Gasteiger partial charge on any atom is 0.335 e. The molecule has 0 bridgehead atoms. The van der Waals surface area contributed by atoms with Crippen LogP contribution in [0.3, 0.4) is 0 Å². The van der Waals surface area contributed by atoms with Gasteiger partial charge in [-0.1, -0.05) is 50.5 Å². The minimum atomic E-state index is -0.946. The monoisotopic (exact) mass is 409 g/mol. The molecule has 1 aliphatic rings. The topological polar surface area (TPSA) is 66.8 Å². The Morgan fingerprint density at radius 1 is 1.10 bits per heavy atom. The zero-order valence-corrected chi connectivity index (χ0v) is 17.7. The van der Waals surface area contributed by atoms with E-state index in [9.17, 15) is 9.59 Å². The molecule has 1 aliphatic heterocycles. The summed E-state index contributed by atoms with van der Waals surface area (Å²) in [5.41, 5.74) is 3.31. The van der Waals surface area contributed by atoms with Gasteiger partial charge in [0.2, 0.25) is 5.91 Å². The quantitative estimate of drug-likeness (QED) is 0.517. The maximum atomic E-state index is 12.5. The normalized spacial score (nSPS) is 16.2. The molecule has 0 aromatic heterocycles. The second kappa shape index (κ2) is 10.9. The number of unbranched alkanes of at least 4 members (excludes halogenated alkanes) is 3. The van der Waals surface area contributed by atoms with Gasteiger partial charge in [0.05, 0.1) is 24.8 Å². The van der Waals surface area contributed by atoms with E-state index in [1.54, 1.807) is 18.2 Å². The highest BCUT2D eigenvalue weighted by Crippen LogP contribution is 2.27. The summed E-state index contributed by atoms with van der Waals surface area (Å²) in [6.45, 7) is 2.98. The van der Waals surface area contributed by atoms with E-state index in [1.807, 2.05) is 23.1 Å². The van der Waals surface area contributed by atoms with Crippen LogP contribution in [0.2, 0.25) is 0 Å². The Morgan fingerprint density at radius 2 is 1.90 bits per heavy atom. The maximum absolute atomic E-state index is 12.5. The van der Waals surface area contributed by atoms with Crippen molar-refractivity contribution in [2.45, 2.75) is 64.5 Å². The fourth-order valence-corrected chi connectivity index (χ4v) is 3.94. The van der Waals surface area contributed by atoms with Crippen LogP contribution in [0, 0.1) is 0 Å². The minimum absolute atomic E-state index is 0.00978. The number of anilines is 1. The smallest absolute Gasteiger partial charge is 0.335 e. The third-order valence-electron chi connectivity index (χ3n) is 5.61. The summed E-state index contributed by atoms with van der Waals surface area (Å²) in [7, 11) is 0. The summed E-state index contributed by atoms with van der Waals surface area (Å²) in [5, 5.41) is 9.10. The third-order valence-corrected chi connectivity index (χ3v) is 5.61. The Kier molecular flexibility index (Phi) is 8.03. The van der Waals surface area contributed by atoms with E-state index in [1.165, 1.54) is 31.2 Å². The van der Waals surface area contributed by atoms with Crippen LogP contribution < -0.4 is 4.90 Å². The molecule has 1 heterocycles. The van der Waals surface area contributed by atoms with Crippen LogP contribution in [0.25, 0.3) is 0 Å². The third kappa shape index (κ3) is 5.92. The molecule has 0 saturated carbocycles. The van der Waals surface area contributed by atoms with Gasteiger partial charge in [-0.05, 0) is 54.7 Å². The molecule has 0 spiro atoms. The second-order valence-electron chi connectivity index (χ2n) is 7.95. The molecular formula is C25H31NO4. The molecule has 0 unspecified atom stereocenters. The van der Waals surface area contributed by atoms with E-state index in [0.717, 1.165) is 24.1 Å². The molecule has 2 aromatic carbocycles. The van der Waals surface area contributed by atoms with Crippen LogP contribution in [0.5, 0.6) is 0 Å². The first-order valence-corrected chi connectivity index (χ1v) is 10.9. The van der Waals surface area contributed by atoms with E-state index < -0.39 is 5.97 Å². The molecule has 2 aromatic rings. The number of amides is 1. The highest BCUT2D eigenvalue weighted by Gasteiger charge is 2.32. The van der Waals surface area contributed by atoms with Gasteiger partial charge in [-0.15, -0.1) is 0 Å². The number of ether oxygens (including phenoxy) is 1. The molecule has 30 heavy (non-hydrogen) atoms. The van der Waals surface area contributed by atoms with Crippen molar-refractivity contribution in [3.05, 3.63) is 65.2 Å². The van der Waals surface area contributed by atoms with Gasteiger partial charge >= 0.3 is 5.97 Å². The Labute approximate surface area is 178 Å². The molecule has 1 atom stereocenters. The molecule has 1 N–H and O–H groups in total. The van der Waals surface area contributed by atoms with Crippen LogP contribution >= 0.6 is 0 Å². The van der Waals surface area contributed by atoms with Crippen molar-refractivity contribution in [1.82, 2.24) is 0 Å². The first kappa shape index (κ1) is 22.0. The number of rotatable bonds is 11. The molecule has 160 valence electrons. The van der Waals surface area contributed by atoms with Gasteiger partial charge in [0.15, 0.2) is 0 Å². The summed E-state index contributed by atoms with van der Waals surface area (Å²) in [5.74, 6) is -0.814. The Hall–Kier alpha value is -2.66. The number of carboxylic acids is 1. The molecule has 0 aliphatic carbocycles. The summed E-state index contributed by atoms with van der Waals surface area (Å²) in [6.07, 6.45) is 7.37. The number of carboxylic acid groups (broad SMARTS) is 1. The number of aryl methyl sites for hydroxylation is 1. The first-order chi connectivity index (χ1) is 14.6. The molecular weight excluding hydrogens is 378 g/mol. The lowest BCUT2D eigenvalue weighted by Crippen LogP contribution is -2.36. The van der Waals surface area contributed by atoms with Crippen LogP contribution in [-0.4, -0.2) is 29.6 Å². The fourth-order valence-electron chi connectivity index (χ4n) is 3.94. The highest BCUT2D eigenvalue weighted by atomic mass is 16.5. The van der Waals surface area contributed by atoms with E-state index in [4.69, 9.17) is 9.84 Å². The van der Waals surface area contributed by atoms with Crippen LogP contribution in [-0.2, 0) is 22.6 Å². The molecule has 1 fully saturated rings. The van der Waals surface area contributed by atoms with Crippen molar-refractivity contribution in [2.75, 3.05) is 11.5 Å². The Bertz CT molecular complexity index is 846. The Balaban J connectivity index is 1.55. The summed E-state index contributed by atoms with van der Waals surface area (Å²) >= 11 is 0. The predicted octanol–water partition coefficient (Wildman–Crippen LogP) is 5.22. The standard InChI is InChI=1S/C25H31NO4/c1-2-3-4-5-7-19-10-12-22(13-11-19)26-23(14-15-24(26)27)18-30-17-20-8-6-9-21(16-20)25(28)29/h6,8-13,16,23H,2-5,7,14-15,17-18H2,1H3,(H,28,29)/t23-/m1/s1. The number of hydrogen-bond donors (Lipinski definition) is 1. The van der Waals surface area contributed by atoms with Gasteiger partial charge in [0, 0.05) is 12.1 Å². The fraction of sp³-hybridized carbons (Fsp3) is 0.440. The zero-order chi connectivity index (χ0) is 21.3. The lowest BCUT2D eigenvalue weighted by molar-refractivity contribution is -0.117. The zero-order valence-electron chi connectivity index (χ0n) is 17.7. The first-order valence-electron chi connectivity index (χ1n) is 10.9. The molecule has 3 rings (SSSR count). The van der Waals surface area contributed by atoms with Gasteiger partial charge in [-0.2, -0.15) is 0 Å². The van der Waals surface area contributed by atoms with Crippen molar-refractivity contribution >= 4 is 17.6 Å². The molecule has 1 amide bonds. The van der Waals surface area contributed by atoms with Gasteiger partial charge in [-0.25, -0.2) is 4.79 Å². The number of carbonyl (C=O) groups is 2. The van der Waals surface area contributed by atoms with E-state index >= 15 is 0 Å². The second-order valence-corrected chi connectivity index (χ2v) is 7.95. The van der Waals surface area contributed by atoms with E-state index in [-0.39, 0.29) is 17.5 Å². The molecule has 5 heteroatoms. The number of aromatic carboxylic acids is 1. The number of hydrogen-bond acceptors (Lipinski definition) is 3. The molecule has 5 nitrogen and oxygen atoms in total. The summed E-state index contributed by atoms with van der Waals surface area (Å²) in [6, 6.07) is 15.1. The van der Waals surface area contributed by atoms with Crippen molar-refractivity contribution in [3.8, 4) is 0 Å². The van der Waals surface area contributed by atoms with Crippen molar-refractivity contribution in [2.24, 2.45) is 0 Å². The SMILES string of the molecule is CCCCCCc1ccc(N2C(=O)CC[C@@H]2COCc2cccc(C(=O)O)c2)cc1. The Morgan fingerprint density at radius 3 is 2.63 bits per heavy atom. The average molecular weight is 410 g/mol. The van der Waals surface area contributed by atoms with Crippen molar-refractivity contribution < 1.29 is 19.4 Å². The average Bonchev–Trinajstić information content (AvgIpc) is 3.12. The van der Waals surface area contributed by atoms with Gasteiger partial charge in [0.1, 0.15) is 0 Å². The van der Waals surface area contributed by atoms with Crippen molar-refractivity contribution in [3.63, 3.8) is 0 Å². The van der Waals surface area contributed by atoms with Crippen LogP contribution in [0.4, 0.5) is 5.69 Å². The van der Waals surface area contributed by atoms with Crippen LogP contribution in [0.15, 0.2) is 48.5 Å². The lowest BCUT2D eigenvalue weighted by Gasteiger charge is -2.25. The lowest BCUT2D eigenvalue weighted by atomic mass is 10.1. The number of nitrogens with zero attached hydrogens (tertiary/aromatic N) is 1. The van der Waals surface area contributed by atoms with Gasteiger partial charge in [-0.3, -0.25) is 4.79 Å². The van der Waals surface area contributed by atoms with Gasteiger partial charge in [0.25, 0.3) is 0 Å². The minimum Gasteiger partial charge on any atom is -0.478 e. The van der Waals surface area contributed by atoms with Crippen molar-refractivity contribution in [1.29, 1.82) is 0 Å². The molecule has 0 radical (unpaired) electrons. The molecule has 1 saturated heterocycles.